The quantitative estimate of drug-likeness (QED) is 0.568. The predicted octanol–water partition coefficient (Wildman–Crippen LogP) is 4.86. The molecule has 2 amide bonds. The van der Waals surface area contributed by atoms with Crippen LogP contribution in [0.3, 0.4) is 0 Å². The summed E-state index contributed by atoms with van der Waals surface area (Å²) in [6.07, 6.45) is 2.65. The van der Waals surface area contributed by atoms with Crippen molar-refractivity contribution in [2.24, 2.45) is 0 Å². The minimum Gasteiger partial charge on any atom is -0.368 e. The molecule has 7 heteroatoms. The fourth-order valence-electron chi connectivity index (χ4n) is 4.35. The van der Waals surface area contributed by atoms with E-state index in [-0.39, 0.29) is 6.03 Å². The lowest BCUT2D eigenvalue weighted by molar-refractivity contribution is 0.257. The number of hydrogen-bond acceptors (Lipinski definition) is 4. The van der Waals surface area contributed by atoms with Gasteiger partial charge in [0.15, 0.2) is 0 Å². The Kier molecular flexibility index (Phi) is 5.85. The van der Waals surface area contributed by atoms with Gasteiger partial charge in [-0.05, 0) is 71.4 Å². The number of nitrogens with one attached hydrogen (secondary N) is 1. The molecular formula is C25H26BrN5O. The standard InChI is InChI=1S/C25H26BrN5O/c1-29-12-14-30(15-13-29)24-17-23-19(16-21(24)26)9-11-31(23)25(32)28-20-7-5-18(6-8-20)22-4-2-3-10-27-22/h2-8,10,16-17H,9,11-15H2,1H3,(H,28,32). The Morgan fingerprint density at radius 2 is 1.75 bits per heavy atom. The number of urea groups is 1. The number of nitrogens with zero attached hydrogens (tertiary/aromatic N) is 4. The second-order valence-electron chi connectivity index (χ2n) is 8.35. The summed E-state index contributed by atoms with van der Waals surface area (Å²) in [6.45, 7) is 4.75. The number of rotatable bonds is 3. The molecule has 0 bridgehead atoms. The average Bonchev–Trinajstić information content (AvgIpc) is 3.23. The summed E-state index contributed by atoms with van der Waals surface area (Å²) < 4.78 is 1.10. The number of pyridine rings is 1. The predicted molar refractivity (Wildman–Crippen MR) is 134 cm³/mol. The van der Waals surface area contributed by atoms with Gasteiger partial charge in [-0.25, -0.2) is 4.79 Å². The van der Waals surface area contributed by atoms with Crippen LogP contribution in [0.4, 0.5) is 21.9 Å². The molecule has 1 saturated heterocycles. The highest BCUT2D eigenvalue weighted by Crippen LogP contribution is 2.38. The summed E-state index contributed by atoms with van der Waals surface area (Å²) >= 11 is 3.76. The Morgan fingerprint density at radius 1 is 0.969 bits per heavy atom. The lowest BCUT2D eigenvalue weighted by Crippen LogP contribution is -2.44. The van der Waals surface area contributed by atoms with Crippen molar-refractivity contribution >= 4 is 39.0 Å². The summed E-state index contributed by atoms with van der Waals surface area (Å²) in [7, 11) is 2.16. The summed E-state index contributed by atoms with van der Waals surface area (Å²) in [6, 6.07) is 17.9. The van der Waals surface area contributed by atoms with Gasteiger partial charge in [0.2, 0.25) is 0 Å². The first-order chi connectivity index (χ1) is 15.6. The lowest BCUT2D eigenvalue weighted by Gasteiger charge is -2.35. The third kappa shape index (κ3) is 4.23. The highest BCUT2D eigenvalue weighted by Gasteiger charge is 2.28. The Morgan fingerprint density at radius 3 is 2.47 bits per heavy atom. The molecule has 2 aliphatic rings. The van der Waals surface area contributed by atoms with Gasteiger partial charge in [0, 0.05) is 54.6 Å². The SMILES string of the molecule is CN1CCN(c2cc3c(cc2Br)CCN3C(=O)Nc2ccc(-c3ccccn3)cc2)CC1. The maximum absolute atomic E-state index is 13.1. The van der Waals surface area contributed by atoms with E-state index in [1.807, 2.05) is 47.4 Å². The van der Waals surface area contributed by atoms with Crippen LogP contribution in [0, 0.1) is 0 Å². The molecule has 2 aliphatic heterocycles. The smallest absolute Gasteiger partial charge is 0.326 e. The topological polar surface area (TPSA) is 51.7 Å². The molecule has 32 heavy (non-hydrogen) atoms. The Balaban J connectivity index is 1.32. The van der Waals surface area contributed by atoms with Crippen LogP contribution in [0.5, 0.6) is 0 Å². The molecule has 0 aliphatic carbocycles. The second kappa shape index (κ2) is 8.92. The molecule has 0 spiro atoms. The van der Waals surface area contributed by atoms with Crippen molar-refractivity contribution in [1.29, 1.82) is 0 Å². The first-order valence-corrected chi connectivity index (χ1v) is 11.7. The largest absolute Gasteiger partial charge is 0.368 e. The van der Waals surface area contributed by atoms with Gasteiger partial charge in [0.05, 0.1) is 17.1 Å². The number of fused-ring (bicyclic) bond motifs is 1. The summed E-state index contributed by atoms with van der Waals surface area (Å²) in [5.74, 6) is 0. The summed E-state index contributed by atoms with van der Waals surface area (Å²) in [5.41, 5.74) is 6.09. The molecule has 2 aromatic carbocycles. The molecule has 1 N–H and O–H groups in total. The minimum atomic E-state index is -0.0963. The van der Waals surface area contributed by atoms with E-state index >= 15 is 0 Å². The van der Waals surface area contributed by atoms with Gasteiger partial charge in [-0.2, -0.15) is 0 Å². The molecule has 5 rings (SSSR count). The van der Waals surface area contributed by atoms with Crippen LogP contribution in [0.25, 0.3) is 11.3 Å². The third-order valence-electron chi connectivity index (χ3n) is 6.23. The van der Waals surface area contributed by atoms with Crippen LogP contribution in [0.2, 0.25) is 0 Å². The molecular weight excluding hydrogens is 466 g/mol. The van der Waals surface area contributed by atoms with E-state index in [0.717, 1.165) is 65.4 Å². The van der Waals surface area contributed by atoms with E-state index in [4.69, 9.17) is 0 Å². The number of aromatic nitrogens is 1. The zero-order valence-electron chi connectivity index (χ0n) is 18.1. The molecule has 6 nitrogen and oxygen atoms in total. The van der Waals surface area contributed by atoms with Crippen molar-refractivity contribution in [3.8, 4) is 11.3 Å². The van der Waals surface area contributed by atoms with Crippen molar-refractivity contribution in [1.82, 2.24) is 9.88 Å². The number of amides is 2. The molecule has 0 atom stereocenters. The molecule has 1 fully saturated rings. The van der Waals surface area contributed by atoms with Crippen molar-refractivity contribution < 1.29 is 4.79 Å². The Bertz CT molecular complexity index is 1110. The molecule has 0 saturated carbocycles. The van der Waals surface area contributed by atoms with Crippen LogP contribution < -0.4 is 15.1 Å². The van der Waals surface area contributed by atoms with Crippen LogP contribution in [-0.4, -0.2) is 55.7 Å². The fourth-order valence-corrected chi connectivity index (χ4v) is 4.99. The molecule has 3 heterocycles. The number of carbonyl (C=O) groups is 1. The second-order valence-corrected chi connectivity index (χ2v) is 9.20. The van der Waals surface area contributed by atoms with E-state index in [1.165, 1.54) is 5.56 Å². The number of anilines is 3. The average molecular weight is 492 g/mol. The van der Waals surface area contributed by atoms with Crippen molar-refractivity contribution in [2.45, 2.75) is 6.42 Å². The summed E-state index contributed by atoms with van der Waals surface area (Å²) in [4.78, 5) is 24.1. The van der Waals surface area contributed by atoms with E-state index in [1.54, 1.807) is 6.20 Å². The molecule has 0 radical (unpaired) electrons. The number of piperazine rings is 1. The van der Waals surface area contributed by atoms with Gasteiger partial charge < -0.3 is 15.1 Å². The molecule has 3 aromatic rings. The number of carbonyl (C=O) groups excluding carboxylic acids is 1. The minimum absolute atomic E-state index is 0.0963. The van der Waals surface area contributed by atoms with Gasteiger partial charge in [0.25, 0.3) is 0 Å². The van der Waals surface area contributed by atoms with Gasteiger partial charge in [-0.15, -0.1) is 0 Å². The number of halogens is 1. The van der Waals surface area contributed by atoms with E-state index in [2.05, 4.69) is 55.2 Å². The maximum atomic E-state index is 13.1. The maximum Gasteiger partial charge on any atom is 0.326 e. The number of hydrogen-bond donors (Lipinski definition) is 1. The third-order valence-corrected chi connectivity index (χ3v) is 6.86. The van der Waals surface area contributed by atoms with Gasteiger partial charge >= 0.3 is 6.03 Å². The zero-order chi connectivity index (χ0) is 22.1. The summed E-state index contributed by atoms with van der Waals surface area (Å²) in [5, 5.41) is 3.06. The van der Waals surface area contributed by atoms with Gasteiger partial charge in [0.1, 0.15) is 0 Å². The fraction of sp³-hybridized carbons (Fsp3) is 0.280. The Labute approximate surface area is 197 Å². The van der Waals surface area contributed by atoms with Crippen LogP contribution in [0.1, 0.15) is 5.56 Å². The van der Waals surface area contributed by atoms with E-state index in [0.29, 0.717) is 6.54 Å². The molecule has 1 aromatic heterocycles. The van der Waals surface area contributed by atoms with Gasteiger partial charge in [-0.3, -0.25) is 9.88 Å². The molecule has 164 valence electrons. The monoisotopic (exact) mass is 491 g/mol. The Hall–Kier alpha value is -2.90. The first-order valence-electron chi connectivity index (χ1n) is 10.9. The molecule has 0 unspecified atom stereocenters. The normalized spacial score (nSPS) is 16.2. The van der Waals surface area contributed by atoms with Crippen LogP contribution in [-0.2, 0) is 6.42 Å². The van der Waals surface area contributed by atoms with Gasteiger partial charge in [-0.1, -0.05) is 18.2 Å². The number of benzene rings is 2. The number of likely N-dealkylation sites (N-methyl/N-ethyl adjacent to an activating group) is 1. The zero-order valence-corrected chi connectivity index (χ0v) is 19.7. The van der Waals surface area contributed by atoms with Crippen molar-refractivity contribution in [3.05, 3.63) is 70.8 Å². The first kappa shape index (κ1) is 21.0. The lowest BCUT2D eigenvalue weighted by atomic mass is 10.1. The van der Waals surface area contributed by atoms with Crippen molar-refractivity contribution in [2.75, 3.05) is 54.9 Å². The highest BCUT2D eigenvalue weighted by molar-refractivity contribution is 9.10. The van der Waals surface area contributed by atoms with Crippen LogP contribution in [0.15, 0.2) is 65.3 Å². The van der Waals surface area contributed by atoms with E-state index in [9.17, 15) is 4.79 Å². The van der Waals surface area contributed by atoms with Crippen LogP contribution >= 0.6 is 15.9 Å². The highest BCUT2D eigenvalue weighted by atomic mass is 79.9. The van der Waals surface area contributed by atoms with Crippen molar-refractivity contribution in [3.63, 3.8) is 0 Å². The van der Waals surface area contributed by atoms with E-state index < -0.39 is 0 Å².